The molecule has 2 aliphatic heterocycles. The summed E-state index contributed by atoms with van der Waals surface area (Å²) in [5, 5.41) is 2.27. The van der Waals surface area contributed by atoms with Crippen molar-refractivity contribution in [3.05, 3.63) is 35.4 Å². The summed E-state index contributed by atoms with van der Waals surface area (Å²) < 4.78 is 5.50. The Balaban J connectivity index is 1.33. The van der Waals surface area contributed by atoms with E-state index in [-0.39, 0.29) is 0 Å². The third kappa shape index (κ3) is 3.90. The summed E-state index contributed by atoms with van der Waals surface area (Å²) in [6.07, 6.45) is 5.90. The van der Waals surface area contributed by atoms with Crippen LogP contribution in [0, 0.1) is 0 Å². The number of rotatable bonds is 5. The van der Waals surface area contributed by atoms with Crippen molar-refractivity contribution in [3.63, 3.8) is 0 Å². The lowest BCUT2D eigenvalue weighted by atomic mass is 10.1. The number of nitrogens with zero attached hydrogens (tertiary/aromatic N) is 7. The van der Waals surface area contributed by atoms with Gasteiger partial charge in [0.1, 0.15) is 17.0 Å². The van der Waals surface area contributed by atoms with E-state index in [0.717, 1.165) is 83.8 Å². The van der Waals surface area contributed by atoms with E-state index in [9.17, 15) is 0 Å². The molecule has 0 spiro atoms. The van der Waals surface area contributed by atoms with E-state index >= 15 is 0 Å². The van der Waals surface area contributed by atoms with Gasteiger partial charge in [0.15, 0.2) is 10.8 Å². The molecule has 9 nitrogen and oxygen atoms in total. The normalized spacial score (nSPS) is 17.7. The number of nitrogens with one attached hydrogen (secondary N) is 1. The van der Waals surface area contributed by atoms with Crippen LogP contribution in [0.5, 0.6) is 0 Å². The van der Waals surface area contributed by atoms with Gasteiger partial charge in [-0.05, 0) is 24.2 Å². The number of aromatic amines is 1. The number of anilines is 1. The molecule has 170 valence electrons. The summed E-state index contributed by atoms with van der Waals surface area (Å²) in [5.41, 5.74) is 3.12. The Hall–Kier alpha value is -2.53. The Morgan fingerprint density at radius 3 is 2.79 bits per heavy atom. The van der Waals surface area contributed by atoms with Gasteiger partial charge in [0.2, 0.25) is 0 Å². The third-order valence-corrected chi connectivity index (χ3v) is 7.45. The molecule has 2 fully saturated rings. The first-order valence-electron chi connectivity index (χ1n) is 11.1. The molecular weight excluding hydrogens is 460 g/mol. The second-order valence-electron chi connectivity index (χ2n) is 8.20. The van der Waals surface area contributed by atoms with Crippen LogP contribution in [0.2, 0.25) is 5.02 Å². The predicted molar refractivity (Wildman–Crippen MR) is 128 cm³/mol. The van der Waals surface area contributed by atoms with Gasteiger partial charge in [0.05, 0.1) is 23.6 Å². The van der Waals surface area contributed by atoms with Crippen LogP contribution in [0.15, 0.2) is 34.7 Å². The van der Waals surface area contributed by atoms with Crippen molar-refractivity contribution >= 4 is 51.4 Å². The largest absolute Gasteiger partial charge is 0.379 e. The number of halogens is 1. The van der Waals surface area contributed by atoms with Gasteiger partial charge in [-0.3, -0.25) is 9.88 Å². The second-order valence-corrected chi connectivity index (χ2v) is 9.62. The van der Waals surface area contributed by atoms with Crippen molar-refractivity contribution in [3.8, 4) is 0 Å². The molecule has 0 radical (unpaired) electrons. The highest BCUT2D eigenvalue weighted by Gasteiger charge is 2.35. The fourth-order valence-electron chi connectivity index (χ4n) is 4.39. The fraction of sp³-hybridized carbons (Fsp3) is 0.409. The van der Waals surface area contributed by atoms with Crippen LogP contribution in [-0.4, -0.2) is 80.2 Å². The number of H-pyrrole nitrogens is 1. The van der Waals surface area contributed by atoms with Crippen LogP contribution in [0.4, 0.5) is 5.82 Å². The van der Waals surface area contributed by atoms with Crippen LogP contribution >= 0.6 is 23.4 Å². The van der Waals surface area contributed by atoms with Crippen molar-refractivity contribution in [1.29, 1.82) is 0 Å². The molecule has 0 aliphatic carbocycles. The molecule has 0 aromatic carbocycles. The number of ether oxygens (including phenoxy) is 1. The lowest BCUT2D eigenvalue weighted by Crippen LogP contribution is -2.61. The first-order valence-corrected chi connectivity index (χ1v) is 12.3. The van der Waals surface area contributed by atoms with Gasteiger partial charge < -0.3 is 14.6 Å². The van der Waals surface area contributed by atoms with Gasteiger partial charge in [0.25, 0.3) is 0 Å². The zero-order valence-electron chi connectivity index (χ0n) is 18.2. The van der Waals surface area contributed by atoms with E-state index in [1.807, 2.05) is 6.07 Å². The molecule has 2 aliphatic rings. The highest BCUT2D eigenvalue weighted by molar-refractivity contribution is 7.99. The Bertz CT molecular complexity index is 1320. The third-order valence-electron chi connectivity index (χ3n) is 6.21. The molecule has 4 aromatic heterocycles. The standard InChI is InChI=1S/C22H23ClN8OS/c1-2-15-18(23)17-20(27-15)28-22(33-14-9-16-19(26-10-14)25-4-3-24-16)29-21(17)31-11-13(12-31)30-5-7-32-8-6-30/h3-4,9-10,13H,2,5-8,11-12H2,1H3,(H,27,28,29). The number of aryl methyl sites for hydroxylation is 1. The van der Waals surface area contributed by atoms with Gasteiger partial charge in [0, 0.05) is 61.4 Å². The molecule has 0 atom stereocenters. The van der Waals surface area contributed by atoms with Crippen LogP contribution < -0.4 is 4.90 Å². The van der Waals surface area contributed by atoms with Gasteiger partial charge in [-0.2, -0.15) is 0 Å². The fourth-order valence-corrected chi connectivity index (χ4v) is 5.50. The number of aromatic nitrogens is 6. The van der Waals surface area contributed by atoms with Gasteiger partial charge in [-0.1, -0.05) is 18.5 Å². The molecule has 4 aromatic rings. The minimum absolute atomic E-state index is 0.515. The van der Waals surface area contributed by atoms with E-state index in [1.165, 1.54) is 11.8 Å². The van der Waals surface area contributed by atoms with Crippen LogP contribution in [0.3, 0.4) is 0 Å². The van der Waals surface area contributed by atoms with E-state index < -0.39 is 0 Å². The summed E-state index contributed by atoms with van der Waals surface area (Å²) in [6, 6.07) is 2.48. The Morgan fingerprint density at radius 1 is 1.15 bits per heavy atom. The lowest BCUT2D eigenvalue weighted by molar-refractivity contribution is 0.0104. The lowest BCUT2D eigenvalue weighted by Gasteiger charge is -2.47. The van der Waals surface area contributed by atoms with Crippen LogP contribution in [0.25, 0.3) is 22.2 Å². The molecule has 6 rings (SSSR count). The topological polar surface area (TPSA) is 95.9 Å². The monoisotopic (exact) mass is 482 g/mol. The maximum Gasteiger partial charge on any atom is 0.196 e. The molecule has 33 heavy (non-hydrogen) atoms. The average Bonchev–Trinajstić information content (AvgIpc) is 3.14. The molecule has 6 heterocycles. The smallest absolute Gasteiger partial charge is 0.196 e. The highest BCUT2D eigenvalue weighted by Crippen LogP contribution is 2.38. The second kappa shape index (κ2) is 8.68. The maximum absolute atomic E-state index is 6.75. The first kappa shape index (κ1) is 21.0. The van der Waals surface area contributed by atoms with Crippen LogP contribution in [-0.2, 0) is 11.2 Å². The van der Waals surface area contributed by atoms with Crippen molar-refractivity contribution in [2.24, 2.45) is 0 Å². The number of hydrogen-bond acceptors (Lipinski definition) is 9. The summed E-state index contributed by atoms with van der Waals surface area (Å²) in [6.45, 7) is 7.52. The van der Waals surface area contributed by atoms with Crippen molar-refractivity contribution in [2.75, 3.05) is 44.3 Å². The Labute approximate surface area is 199 Å². The maximum atomic E-state index is 6.75. The number of fused-ring (bicyclic) bond motifs is 2. The van der Waals surface area contributed by atoms with Gasteiger partial charge in [-0.25, -0.2) is 19.9 Å². The zero-order valence-corrected chi connectivity index (χ0v) is 19.7. The quantitative estimate of drug-likeness (QED) is 0.430. The molecule has 1 N–H and O–H groups in total. The minimum atomic E-state index is 0.515. The molecule has 0 bridgehead atoms. The van der Waals surface area contributed by atoms with E-state index in [4.69, 9.17) is 26.3 Å². The molecule has 11 heteroatoms. The van der Waals surface area contributed by atoms with E-state index in [1.54, 1.807) is 18.6 Å². The predicted octanol–water partition coefficient (Wildman–Crippen LogP) is 3.18. The highest BCUT2D eigenvalue weighted by atomic mass is 35.5. The van der Waals surface area contributed by atoms with Gasteiger partial charge >= 0.3 is 0 Å². The van der Waals surface area contributed by atoms with Crippen molar-refractivity contribution < 1.29 is 4.74 Å². The zero-order chi connectivity index (χ0) is 22.4. The SMILES string of the molecule is CCc1[nH]c2nc(Sc3cnc4nccnc4c3)nc(N3CC(N4CCOCC4)C3)c2c1Cl. The Morgan fingerprint density at radius 2 is 1.97 bits per heavy atom. The van der Waals surface area contributed by atoms with Crippen molar-refractivity contribution in [2.45, 2.75) is 29.4 Å². The molecule has 2 saturated heterocycles. The van der Waals surface area contributed by atoms with E-state index in [0.29, 0.717) is 16.8 Å². The number of hydrogen-bond donors (Lipinski definition) is 1. The number of morpholine rings is 1. The average molecular weight is 483 g/mol. The molecular formula is C22H23ClN8OS. The molecule has 0 unspecified atom stereocenters. The van der Waals surface area contributed by atoms with Crippen LogP contribution in [0.1, 0.15) is 12.6 Å². The summed E-state index contributed by atoms with van der Waals surface area (Å²) in [5.74, 6) is 0.890. The summed E-state index contributed by atoms with van der Waals surface area (Å²) >= 11 is 8.22. The minimum Gasteiger partial charge on any atom is -0.379 e. The summed E-state index contributed by atoms with van der Waals surface area (Å²) in [4.78, 5) is 31.9. The van der Waals surface area contributed by atoms with E-state index in [2.05, 4.69) is 36.7 Å². The first-order chi connectivity index (χ1) is 16.2. The van der Waals surface area contributed by atoms with Crippen molar-refractivity contribution in [1.82, 2.24) is 34.8 Å². The Kier molecular flexibility index (Phi) is 5.53. The number of pyridine rings is 1. The molecule has 0 amide bonds. The summed E-state index contributed by atoms with van der Waals surface area (Å²) in [7, 11) is 0. The molecule has 0 saturated carbocycles. The van der Waals surface area contributed by atoms with Gasteiger partial charge in [-0.15, -0.1) is 0 Å².